The van der Waals surface area contributed by atoms with E-state index >= 15 is 0 Å². The summed E-state index contributed by atoms with van der Waals surface area (Å²) in [5.74, 6) is 0.0971. The second-order valence-corrected chi connectivity index (χ2v) is 6.92. The SMILES string of the molecule is C=CCOC(=O)N1CCC2(CC1)C(=O)N[C@@H](C)C(=O)N2CC(C)C. The minimum atomic E-state index is -0.858. The number of piperidine rings is 1. The van der Waals surface area contributed by atoms with E-state index in [9.17, 15) is 14.4 Å². The van der Waals surface area contributed by atoms with Crippen molar-refractivity contribution in [2.45, 2.75) is 45.2 Å². The zero-order valence-corrected chi connectivity index (χ0v) is 14.7. The topological polar surface area (TPSA) is 79.0 Å². The van der Waals surface area contributed by atoms with Crippen molar-refractivity contribution in [3.8, 4) is 0 Å². The number of piperazine rings is 1. The lowest BCUT2D eigenvalue weighted by molar-refractivity contribution is -0.161. The molecule has 0 aromatic heterocycles. The molecule has 2 heterocycles. The monoisotopic (exact) mass is 337 g/mol. The lowest BCUT2D eigenvalue weighted by Gasteiger charge is -2.51. The quantitative estimate of drug-likeness (QED) is 0.781. The smallest absolute Gasteiger partial charge is 0.410 e. The van der Waals surface area contributed by atoms with Gasteiger partial charge in [-0.25, -0.2) is 4.79 Å². The summed E-state index contributed by atoms with van der Waals surface area (Å²) in [5.41, 5.74) is -0.858. The van der Waals surface area contributed by atoms with Crippen LogP contribution in [0.2, 0.25) is 0 Å². The predicted octanol–water partition coefficient (Wildman–Crippen LogP) is 1.15. The fraction of sp³-hybridized carbons (Fsp3) is 0.706. The van der Waals surface area contributed by atoms with Crippen LogP contribution in [0.4, 0.5) is 4.79 Å². The van der Waals surface area contributed by atoms with Crippen molar-refractivity contribution in [3.05, 3.63) is 12.7 Å². The van der Waals surface area contributed by atoms with Crippen LogP contribution >= 0.6 is 0 Å². The van der Waals surface area contributed by atoms with E-state index in [-0.39, 0.29) is 24.3 Å². The molecule has 0 bridgehead atoms. The van der Waals surface area contributed by atoms with Gasteiger partial charge in [-0.15, -0.1) is 0 Å². The Morgan fingerprint density at radius 1 is 1.42 bits per heavy atom. The van der Waals surface area contributed by atoms with Crippen molar-refractivity contribution in [1.82, 2.24) is 15.1 Å². The third kappa shape index (κ3) is 3.39. The van der Waals surface area contributed by atoms with E-state index in [0.717, 1.165) is 0 Å². The van der Waals surface area contributed by atoms with Crippen LogP contribution in [0.15, 0.2) is 12.7 Å². The number of hydrogen-bond acceptors (Lipinski definition) is 4. The predicted molar refractivity (Wildman–Crippen MR) is 89.2 cm³/mol. The number of rotatable bonds is 4. The molecule has 1 atom stereocenters. The van der Waals surface area contributed by atoms with Gasteiger partial charge in [-0.3, -0.25) is 9.59 Å². The number of ether oxygens (including phenoxy) is 1. The van der Waals surface area contributed by atoms with E-state index in [2.05, 4.69) is 11.9 Å². The van der Waals surface area contributed by atoms with E-state index in [0.29, 0.717) is 32.5 Å². The van der Waals surface area contributed by atoms with Crippen LogP contribution in [0, 0.1) is 5.92 Å². The molecule has 2 saturated heterocycles. The molecule has 0 aromatic rings. The van der Waals surface area contributed by atoms with Crippen molar-refractivity contribution in [3.63, 3.8) is 0 Å². The van der Waals surface area contributed by atoms with Gasteiger partial charge in [-0.1, -0.05) is 26.5 Å². The van der Waals surface area contributed by atoms with Gasteiger partial charge in [0.15, 0.2) is 0 Å². The van der Waals surface area contributed by atoms with Gasteiger partial charge < -0.3 is 19.9 Å². The molecular weight excluding hydrogens is 310 g/mol. The van der Waals surface area contributed by atoms with Crippen LogP contribution < -0.4 is 5.32 Å². The summed E-state index contributed by atoms with van der Waals surface area (Å²) in [7, 11) is 0. The molecule has 2 aliphatic rings. The van der Waals surface area contributed by atoms with Gasteiger partial charge in [0.25, 0.3) is 0 Å². The number of carbonyl (C=O) groups excluding carboxylic acids is 3. The maximum Gasteiger partial charge on any atom is 0.410 e. The van der Waals surface area contributed by atoms with Gasteiger partial charge in [0.2, 0.25) is 11.8 Å². The summed E-state index contributed by atoms with van der Waals surface area (Å²) < 4.78 is 5.05. The first-order valence-corrected chi connectivity index (χ1v) is 8.47. The molecule has 1 spiro atoms. The van der Waals surface area contributed by atoms with Crippen LogP contribution in [-0.2, 0) is 14.3 Å². The summed E-state index contributed by atoms with van der Waals surface area (Å²) in [6.07, 6.45) is 1.96. The summed E-state index contributed by atoms with van der Waals surface area (Å²) in [5, 5.41) is 2.79. The molecule has 134 valence electrons. The van der Waals surface area contributed by atoms with Crippen molar-refractivity contribution in [2.75, 3.05) is 26.2 Å². The number of nitrogens with one attached hydrogen (secondary N) is 1. The van der Waals surface area contributed by atoms with Crippen LogP contribution in [0.5, 0.6) is 0 Å². The number of amides is 3. The fourth-order valence-electron chi connectivity index (χ4n) is 3.37. The Labute approximate surface area is 143 Å². The van der Waals surface area contributed by atoms with Gasteiger partial charge in [-0.2, -0.15) is 0 Å². The highest BCUT2D eigenvalue weighted by Gasteiger charge is 2.53. The maximum absolute atomic E-state index is 12.7. The highest BCUT2D eigenvalue weighted by atomic mass is 16.6. The Kier molecular flexibility index (Phi) is 5.51. The molecule has 2 rings (SSSR count). The summed E-state index contributed by atoms with van der Waals surface area (Å²) >= 11 is 0. The number of nitrogens with zero attached hydrogens (tertiary/aromatic N) is 2. The Morgan fingerprint density at radius 3 is 2.58 bits per heavy atom. The van der Waals surface area contributed by atoms with Crippen molar-refractivity contribution >= 4 is 17.9 Å². The molecule has 0 unspecified atom stereocenters. The highest BCUT2D eigenvalue weighted by Crippen LogP contribution is 2.33. The maximum atomic E-state index is 12.7. The van der Waals surface area contributed by atoms with Crippen LogP contribution in [-0.4, -0.2) is 65.5 Å². The molecule has 0 aromatic carbocycles. The van der Waals surface area contributed by atoms with Crippen molar-refractivity contribution in [1.29, 1.82) is 0 Å². The Hall–Kier alpha value is -2.05. The fourth-order valence-corrected chi connectivity index (χ4v) is 3.37. The zero-order valence-electron chi connectivity index (χ0n) is 14.7. The van der Waals surface area contributed by atoms with Crippen molar-refractivity contribution < 1.29 is 19.1 Å². The van der Waals surface area contributed by atoms with E-state index in [4.69, 9.17) is 4.74 Å². The first-order valence-electron chi connectivity index (χ1n) is 8.47. The van der Waals surface area contributed by atoms with E-state index < -0.39 is 17.7 Å². The molecule has 7 heteroatoms. The second-order valence-electron chi connectivity index (χ2n) is 6.92. The second kappa shape index (κ2) is 7.23. The molecule has 3 amide bonds. The van der Waals surface area contributed by atoms with E-state index in [1.165, 1.54) is 6.08 Å². The van der Waals surface area contributed by atoms with Gasteiger partial charge in [0, 0.05) is 19.6 Å². The number of hydrogen-bond donors (Lipinski definition) is 1. The van der Waals surface area contributed by atoms with Gasteiger partial charge >= 0.3 is 6.09 Å². The van der Waals surface area contributed by atoms with Gasteiger partial charge in [-0.05, 0) is 25.7 Å². The van der Waals surface area contributed by atoms with E-state index in [1.807, 2.05) is 13.8 Å². The first-order chi connectivity index (χ1) is 11.3. The van der Waals surface area contributed by atoms with Gasteiger partial charge in [0.1, 0.15) is 18.2 Å². The van der Waals surface area contributed by atoms with Crippen LogP contribution in [0.1, 0.15) is 33.6 Å². The zero-order chi connectivity index (χ0) is 17.9. The Morgan fingerprint density at radius 2 is 2.04 bits per heavy atom. The average Bonchev–Trinajstić information content (AvgIpc) is 2.55. The molecule has 2 aliphatic heterocycles. The standard InChI is InChI=1S/C17H27N3O4/c1-5-10-24-16(23)19-8-6-17(7-9-19)15(22)18-13(4)14(21)20(17)11-12(2)3/h5,12-13H,1,6-11H2,2-4H3,(H,18,22)/t13-/m0/s1. The van der Waals surface area contributed by atoms with Crippen molar-refractivity contribution in [2.24, 2.45) is 5.92 Å². The Bertz CT molecular complexity index is 524. The lowest BCUT2D eigenvalue weighted by Crippen LogP contribution is -2.72. The highest BCUT2D eigenvalue weighted by molar-refractivity contribution is 5.99. The molecule has 24 heavy (non-hydrogen) atoms. The van der Waals surface area contributed by atoms with E-state index in [1.54, 1.807) is 16.7 Å². The average molecular weight is 337 g/mol. The lowest BCUT2D eigenvalue weighted by atomic mass is 9.81. The largest absolute Gasteiger partial charge is 0.445 e. The first kappa shape index (κ1) is 18.3. The summed E-state index contributed by atoms with van der Waals surface area (Å²) in [4.78, 5) is 40.6. The number of likely N-dealkylation sites (tertiary alicyclic amines) is 1. The third-order valence-electron chi connectivity index (χ3n) is 4.64. The third-order valence-corrected chi connectivity index (χ3v) is 4.64. The summed E-state index contributed by atoms with van der Waals surface area (Å²) in [6, 6.07) is -0.502. The van der Waals surface area contributed by atoms with Crippen LogP contribution in [0.3, 0.4) is 0 Å². The molecule has 0 radical (unpaired) electrons. The summed E-state index contributed by atoms with van der Waals surface area (Å²) in [6.45, 7) is 10.8. The van der Waals surface area contributed by atoms with Crippen LogP contribution in [0.25, 0.3) is 0 Å². The molecular formula is C17H27N3O4. The minimum Gasteiger partial charge on any atom is -0.445 e. The molecule has 2 fully saturated rings. The Balaban J connectivity index is 2.15. The van der Waals surface area contributed by atoms with Gasteiger partial charge in [0.05, 0.1) is 0 Å². The molecule has 1 N–H and O–H groups in total. The molecule has 0 saturated carbocycles. The number of carbonyl (C=O) groups is 3. The normalized spacial score (nSPS) is 23.4. The molecule has 0 aliphatic carbocycles. The minimum absolute atomic E-state index is 0.0500. The molecule has 7 nitrogen and oxygen atoms in total.